The smallest absolute Gasteiger partial charge is 0.326 e. The first-order valence-electron chi connectivity index (χ1n) is 8.83. The molecule has 0 saturated heterocycles. The van der Waals surface area contributed by atoms with Gasteiger partial charge in [-0.1, -0.05) is 5.21 Å². The van der Waals surface area contributed by atoms with E-state index >= 15 is 0 Å². The average molecular weight is 431 g/mol. The molecule has 30 heavy (non-hydrogen) atoms. The lowest BCUT2D eigenvalue weighted by Crippen LogP contribution is -2.48. The Morgan fingerprint density at radius 3 is 2.23 bits per heavy atom. The summed E-state index contributed by atoms with van der Waals surface area (Å²) in [6.07, 6.45) is 0.293. The van der Waals surface area contributed by atoms with Crippen LogP contribution < -0.4 is 10.6 Å². The van der Waals surface area contributed by atoms with Crippen molar-refractivity contribution >= 4 is 29.7 Å². The van der Waals surface area contributed by atoms with Gasteiger partial charge in [0.25, 0.3) is 0 Å². The summed E-state index contributed by atoms with van der Waals surface area (Å²) in [4.78, 5) is 56.9. The Kier molecular flexibility index (Phi) is 9.85. The van der Waals surface area contributed by atoms with E-state index in [-0.39, 0.29) is 6.42 Å². The summed E-state index contributed by atoms with van der Waals surface area (Å²) in [5.41, 5.74) is 0.454. The minimum Gasteiger partial charge on any atom is -0.481 e. The van der Waals surface area contributed by atoms with Gasteiger partial charge in [-0.25, -0.2) is 14.3 Å². The van der Waals surface area contributed by atoms with E-state index < -0.39 is 74.3 Å². The Bertz CT molecular complexity index is 783. The minimum atomic E-state index is -1.65. The van der Waals surface area contributed by atoms with Gasteiger partial charge in [-0.3, -0.25) is 18.8 Å². The van der Waals surface area contributed by atoms with Crippen LogP contribution in [0.5, 0.6) is 0 Å². The summed E-state index contributed by atoms with van der Waals surface area (Å²) >= 11 is 0. The Balaban J connectivity index is 2.61. The van der Waals surface area contributed by atoms with Crippen LogP contribution in [0.1, 0.15) is 31.4 Å². The topological polar surface area (TPSA) is 201 Å². The van der Waals surface area contributed by atoms with Gasteiger partial charge in [0, 0.05) is 12.6 Å². The van der Waals surface area contributed by atoms with Gasteiger partial charge < -0.3 is 26.0 Å². The molecule has 2 amide bonds. The van der Waals surface area contributed by atoms with Crippen molar-refractivity contribution < 1.29 is 43.7 Å². The van der Waals surface area contributed by atoms with E-state index in [0.717, 1.165) is 4.68 Å². The zero-order valence-electron chi connectivity index (χ0n) is 15.8. The van der Waals surface area contributed by atoms with Gasteiger partial charge in [0.05, 0.1) is 18.8 Å². The number of nitrogens with zero attached hydrogens (tertiary/aromatic N) is 3. The van der Waals surface area contributed by atoms with E-state index in [1.807, 2.05) is 5.32 Å². The summed E-state index contributed by atoms with van der Waals surface area (Å²) in [5.74, 6) is -6.05. The van der Waals surface area contributed by atoms with Crippen molar-refractivity contribution in [3.63, 3.8) is 0 Å². The van der Waals surface area contributed by atoms with Crippen molar-refractivity contribution in [1.82, 2.24) is 25.6 Å². The molecule has 0 saturated carbocycles. The van der Waals surface area contributed by atoms with Gasteiger partial charge in [0.2, 0.25) is 11.8 Å². The van der Waals surface area contributed by atoms with E-state index in [2.05, 4.69) is 15.6 Å². The summed E-state index contributed by atoms with van der Waals surface area (Å²) < 4.78 is 13.3. The standard InChI is InChI=1S/C16H22FN5O8/c17-5-1-2-9-7-22(21-20-9)8-13(24)19-11(16(29)30)6-12(23)18-10(15(27)28)3-4-14(25)26/h7,10-11H,1-6,8H2,(H,18,23)(H,19,24)(H,25,26)(H,27,28)(H,29,30)/t10-,11-/m0/s1. The van der Waals surface area contributed by atoms with E-state index in [1.165, 1.54) is 6.20 Å². The molecule has 2 atom stereocenters. The number of amides is 2. The second kappa shape index (κ2) is 12.1. The molecular formula is C16H22FN5O8. The number of carbonyl (C=O) groups excluding carboxylic acids is 2. The number of hydrogen-bond donors (Lipinski definition) is 5. The van der Waals surface area contributed by atoms with Crippen molar-refractivity contribution in [2.45, 2.75) is 50.7 Å². The highest BCUT2D eigenvalue weighted by molar-refractivity contribution is 5.90. The van der Waals surface area contributed by atoms with E-state index in [1.54, 1.807) is 0 Å². The summed E-state index contributed by atoms with van der Waals surface area (Å²) in [6, 6.07) is -3.17. The normalized spacial score (nSPS) is 12.6. The van der Waals surface area contributed by atoms with Crippen LogP contribution in [0.2, 0.25) is 0 Å². The lowest BCUT2D eigenvalue weighted by Gasteiger charge is -2.17. The molecule has 14 heteroatoms. The van der Waals surface area contributed by atoms with Crippen LogP contribution in [0.25, 0.3) is 0 Å². The predicted octanol–water partition coefficient (Wildman–Crippen LogP) is -1.43. The molecule has 166 valence electrons. The molecule has 5 N–H and O–H groups in total. The third-order valence-electron chi connectivity index (χ3n) is 3.76. The monoisotopic (exact) mass is 431 g/mol. The van der Waals surface area contributed by atoms with Gasteiger partial charge in [-0.05, 0) is 19.3 Å². The van der Waals surface area contributed by atoms with Crippen molar-refractivity contribution in [3.8, 4) is 0 Å². The average Bonchev–Trinajstić information content (AvgIpc) is 3.09. The third kappa shape index (κ3) is 9.07. The highest BCUT2D eigenvalue weighted by Gasteiger charge is 2.27. The van der Waals surface area contributed by atoms with Gasteiger partial charge in [-0.2, -0.15) is 0 Å². The molecule has 13 nitrogen and oxygen atoms in total. The quantitative estimate of drug-likeness (QED) is 0.232. The van der Waals surface area contributed by atoms with E-state index in [4.69, 9.17) is 10.2 Å². The Labute approximate surface area is 169 Å². The Morgan fingerprint density at radius 2 is 1.67 bits per heavy atom. The molecule has 0 spiro atoms. The number of aliphatic carboxylic acids is 3. The van der Waals surface area contributed by atoms with Crippen LogP contribution in [-0.2, 0) is 36.9 Å². The number of halogens is 1. The molecule has 1 aromatic heterocycles. The molecule has 0 aliphatic heterocycles. The van der Waals surface area contributed by atoms with Crippen molar-refractivity contribution in [2.75, 3.05) is 6.67 Å². The van der Waals surface area contributed by atoms with Gasteiger partial charge >= 0.3 is 17.9 Å². The second-order valence-corrected chi connectivity index (χ2v) is 6.25. The minimum absolute atomic E-state index is 0.241. The fourth-order valence-electron chi connectivity index (χ4n) is 2.33. The Hall–Kier alpha value is -3.58. The molecule has 0 aromatic carbocycles. The van der Waals surface area contributed by atoms with E-state index in [9.17, 15) is 33.5 Å². The fraction of sp³-hybridized carbons (Fsp3) is 0.562. The zero-order valence-corrected chi connectivity index (χ0v) is 15.8. The van der Waals surface area contributed by atoms with Crippen LogP contribution in [0, 0.1) is 0 Å². The van der Waals surface area contributed by atoms with Crippen LogP contribution in [0.15, 0.2) is 6.20 Å². The lowest BCUT2D eigenvalue weighted by molar-refractivity contribution is -0.145. The maximum absolute atomic E-state index is 12.2. The highest BCUT2D eigenvalue weighted by Crippen LogP contribution is 2.02. The van der Waals surface area contributed by atoms with Crippen LogP contribution >= 0.6 is 0 Å². The first-order valence-corrected chi connectivity index (χ1v) is 8.83. The summed E-state index contributed by atoms with van der Waals surface area (Å²) in [6.45, 7) is -0.931. The van der Waals surface area contributed by atoms with E-state index in [0.29, 0.717) is 12.1 Å². The molecule has 1 heterocycles. The number of carboxylic acids is 3. The van der Waals surface area contributed by atoms with Crippen molar-refractivity contribution in [3.05, 3.63) is 11.9 Å². The maximum atomic E-state index is 12.2. The molecule has 0 aliphatic rings. The summed E-state index contributed by atoms with van der Waals surface area (Å²) in [7, 11) is 0. The highest BCUT2D eigenvalue weighted by atomic mass is 19.1. The second-order valence-electron chi connectivity index (χ2n) is 6.25. The third-order valence-corrected chi connectivity index (χ3v) is 3.76. The van der Waals surface area contributed by atoms with Gasteiger partial charge in [0.1, 0.15) is 18.6 Å². The largest absolute Gasteiger partial charge is 0.481 e. The number of nitrogens with one attached hydrogen (secondary N) is 2. The van der Waals surface area contributed by atoms with Crippen LogP contribution in [0.4, 0.5) is 4.39 Å². The molecule has 0 fully saturated rings. The van der Waals surface area contributed by atoms with Crippen LogP contribution in [-0.4, -0.2) is 78.8 Å². The summed E-state index contributed by atoms with van der Waals surface area (Å²) in [5, 5.41) is 38.4. The van der Waals surface area contributed by atoms with Crippen molar-refractivity contribution in [1.29, 1.82) is 0 Å². The molecular weight excluding hydrogens is 409 g/mol. The number of aryl methyl sites for hydroxylation is 1. The Morgan fingerprint density at radius 1 is 1.03 bits per heavy atom. The number of hydrogen-bond acceptors (Lipinski definition) is 7. The first-order chi connectivity index (χ1) is 14.1. The SMILES string of the molecule is O=C(O)CC[C@H](NC(=O)C[C@H](NC(=O)Cn1cc(CCCF)nn1)C(=O)O)C(=O)O. The van der Waals surface area contributed by atoms with Crippen molar-refractivity contribution in [2.24, 2.45) is 0 Å². The van der Waals surface area contributed by atoms with Gasteiger partial charge in [-0.15, -0.1) is 5.10 Å². The first kappa shape index (κ1) is 24.5. The molecule has 1 aromatic rings. The fourth-order valence-corrected chi connectivity index (χ4v) is 2.33. The zero-order chi connectivity index (χ0) is 22.7. The molecule has 0 bridgehead atoms. The molecule has 0 unspecified atom stereocenters. The molecule has 0 radical (unpaired) electrons. The molecule has 0 aliphatic carbocycles. The van der Waals surface area contributed by atoms with Gasteiger partial charge in [0.15, 0.2) is 0 Å². The lowest BCUT2D eigenvalue weighted by atomic mass is 10.1. The number of carboxylic acid groups (broad SMARTS) is 3. The number of rotatable bonds is 14. The predicted molar refractivity (Wildman–Crippen MR) is 94.9 cm³/mol. The number of aromatic nitrogens is 3. The van der Waals surface area contributed by atoms with Crippen LogP contribution in [0.3, 0.4) is 0 Å². The number of alkyl halides is 1. The maximum Gasteiger partial charge on any atom is 0.326 e. The number of carbonyl (C=O) groups is 5. The molecule has 1 rings (SSSR count).